The quantitative estimate of drug-likeness (QED) is 0.571. The maximum Gasteiger partial charge on any atom is 0.338 e. The lowest BCUT2D eigenvalue weighted by atomic mass is 10.3. The molecule has 0 amide bonds. The standard InChI is InChI=1S/C7H9N3O3/c11-5(6(12)13)4-3-10-2-1-8-7(10)9-4/h3,5,11H,1-2H2,(H,8,9)(H,12,13). The topological polar surface area (TPSA) is 87.4 Å². The molecule has 1 aliphatic heterocycles. The zero-order chi connectivity index (χ0) is 9.42. The summed E-state index contributed by atoms with van der Waals surface area (Å²) in [6.45, 7) is 1.56. The Morgan fingerprint density at radius 2 is 2.54 bits per heavy atom. The van der Waals surface area contributed by atoms with Crippen LogP contribution in [0.2, 0.25) is 0 Å². The molecule has 1 atom stereocenters. The molecule has 0 saturated heterocycles. The largest absolute Gasteiger partial charge is 0.479 e. The Hall–Kier alpha value is -1.56. The highest BCUT2D eigenvalue weighted by atomic mass is 16.4. The number of aliphatic carboxylic acids is 1. The molecule has 0 radical (unpaired) electrons. The summed E-state index contributed by atoms with van der Waals surface area (Å²) in [5.41, 5.74) is 0.176. The summed E-state index contributed by atoms with van der Waals surface area (Å²) in [7, 11) is 0. The number of nitrogens with zero attached hydrogens (tertiary/aromatic N) is 2. The first-order valence-electron chi connectivity index (χ1n) is 3.90. The van der Waals surface area contributed by atoms with Gasteiger partial charge in [0.15, 0.2) is 6.10 Å². The van der Waals surface area contributed by atoms with Crippen LogP contribution in [0.15, 0.2) is 6.20 Å². The van der Waals surface area contributed by atoms with Gasteiger partial charge in [-0.25, -0.2) is 9.78 Å². The fourth-order valence-corrected chi connectivity index (χ4v) is 1.29. The van der Waals surface area contributed by atoms with E-state index in [1.54, 1.807) is 10.8 Å². The van der Waals surface area contributed by atoms with E-state index in [9.17, 15) is 4.79 Å². The predicted octanol–water partition coefficient (Wildman–Crippen LogP) is -0.573. The molecule has 6 heteroatoms. The normalized spacial score (nSPS) is 16.4. The third-order valence-electron chi connectivity index (χ3n) is 1.95. The second-order valence-corrected chi connectivity index (χ2v) is 2.85. The summed E-state index contributed by atoms with van der Waals surface area (Å²) < 4.78 is 1.78. The number of carbonyl (C=O) groups is 1. The van der Waals surface area contributed by atoms with Crippen LogP contribution < -0.4 is 5.32 Å². The second kappa shape index (κ2) is 2.74. The molecular weight excluding hydrogens is 174 g/mol. The molecule has 2 heterocycles. The fourth-order valence-electron chi connectivity index (χ4n) is 1.29. The van der Waals surface area contributed by atoms with E-state index in [2.05, 4.69) is 10.3 Å². The third kappa shape index (κ3) is 1.25. The van der Waals surface area contributed by atoms with Gasteiger partial charge in [0.2, 0.25) is 5.95 Å². The number of anilines is 1. The number of aromatic nitrogens is 2. The van der Waals surface area contributed by atoms with Crippen molar-refractivity contribution in [1.29, 1.82) is 0 Å². The number of aliphatic hydroxyl groups excluding tert-OH is 1. The van der Waals surface area contributed by atoms with Crippen molar-refractivity contribution in [3.8, 4) is 0 Å². The van der Waals surface area contributed by atoms with Gasteiger partial charge in [0, 0.05) is 19.3 Å². The third-order valence-corrected chi connectivity index (χ3v) is 1.95. The van der Waals surface area contributed by atoms with E-state index in [4.69, 9.17) is 10.2 Å². The molecule has 0 spiro atoms. The molecule has 0 bridgehead atoms. The Kier molecular flexibility index (Phi) is 1.70. The molecule has 1 aromatic rings. The summed E-state index contributed by atoms with van der Waals surface area (Å²) in [6.07, 6.45) is 0.0219. The van der Waals surface area contributed by atoms with Crippen molar-refractivity contribution in [2.75, 3.05) is 11.9 Å². The first kappa shape index (κ1) is 8.06. The Morgan fingerprint density at radius 1 is 1.77 bits per heavy atom. The van der Waals surface area contributed by atoms with Crippen molar-refractivity contribution in [2.45, 2.75) is 12.6 Å². The van der Waals surface area contributed by atoms with Gasteiger partial charge >= 0.3 is 5.97 Å². The van der Waals surface area contributed by atoms with Crippen molar-refractivity contribution in [3.63, 3.8) is 0 Å². The zero-order valence-electron chi connectivity index (χ0n) is 6.77. The van der Waals surface area contributed by atoms with Gasteiger partial charge in [0.05, 0.1) is 0 Å². The monoisotopic (exact) mass is 183 g/mol. The Bertz CT molecular complexity index is 325. The molecule has 1 unspecified atom stereocenters. The first-order valence-corrected chi connectivity index (χ1v) is 3.90. The van der Waals surface area contributed by atoms with Crippen molar-refractivity contribution >= 4 is 11.9 Å². The molecule has 1 aliphatic rings. The van der Waals surface area contributed by atoms with E-state index in [0.717, 1.165) is 13.1 Å². The van der Waals surface area contributed by atoms with Gasteiger partial charge < -0.3 is 20.1 Å². The number of nitrogens with one attached hydrogen (secondary N) is 1. The highest BCUT2D eigenvalue weighted by Gasteiger charge is 2.22. The highest BCUT2D eigenvalue weighted by molar-refractivity contribution is 5.73. The molecule has 0 fully saturated rings. The van der Waals surface area contributed by atoms with Crippen LogP contribution in [0.1, 0.15) is 11.8 Å². The molecule has 0 saturated carbocycles. The average Bonchev–Trinajstić information content (AvgIpc) is 2.59. The lowest BCUT2D eigenvalue weighted by molar-refractivity contribution is -0.147. The Balaban J connectivity index is 2.28. The number of hydrogen-bond acceptors (Lipinski definition) is 4. The van der Waals surface area contributed by atoms with E-state index in [-0.39, 0.29) is 5.69 Å². The predicted molar refractivity (Wildman–Crippen MR) is 43.3 cm³/mol. The minimum absolute atomic E-state index is 0.176. The lowest BCUT2D eigenvalue weighted by Gasteiger charge is -1.99. The fraction of sp³-hybridized carbons (Fsp3) is 0.429. The van der Waals surface area contributed by atoms with Crippen LogP contribution in [0.3, 0.4) is 0 Å². The van der Waals surface area contributed by atoms with Crippen LogP contribution in [-0.2, 0) is 11.3 Å². The number of rotatable bonds is 2. The van der Waals surface area contributed by atoms with Gasteiger partial charge in [0.1, 0.15) is 5.69 Å². The zero-order valence-corrected chi connectivity index (χ0v) is 6.77. The molecule has 1 aromatic heterocycles. The van der Waals surface area contributed by atoms with Gasteiger partial charge in [-0.3, -0.25) is 0 Å². The maximum atomic E-state index is 10.4. The summed E-state index contributed by atoms with van der Waals surface area (Å²) in [4.78, 5) is 14.3. The number of aliphatic hydroxyl groups is 1. The maximum absolute atomic E-state index is 10.4. The lowest BCUT2D eigenvalue weighted by Crippen LogP contribution is -2.11. The van der Waals surface area contributed by atoms with Crippen LogP contribution in [-0.4, -0.2) is 32.3 Å². The van der Waals surface area contributed by atoms with E-state index >= 15 is 0 Å². The van der Waals surface area contributed by atoms with Crippen molar-refractivity contribution in [1.82, 2.24) is 9.55 Å². The van der Waals surface area contributed by atoms with Crippen LogP contribution in [0.25, 0.3) is 0 Å². The minimum Gasteiger partial charge on any atom is -0.479 e. The molecule has 13 heavy (non-hydrogen) atoms. The number of carboxylic acid groups (broad SMARTS) is 1. The smallest absolute Gasteiger partial charge is 0.338 e. The van der Waals surface area contributed by atoms with E-state index in [1.807, 2.05) is 0 Å². The van der Waals surface area contributed by atoms with Gasteiger partial charge in [-0.05, 0) is 0 Å². The van der Waals surface area contributed by atoms with Crippen LogP contribution in [0.5, 0.6) is 0 Å². The minimum atomic E-state index is -1.53. The number of imidazole rings is 1. The second-order valence-electron chi connectivity index (χ2n) is 2.85. The number of fused-ring (bicyclic) bond motifs is 1. The molecular formula is C7H9N3O3. The molecule has 6 nitrogen and oxygen atoms in total. The Labute approximate surface area is 73.8 Å². The van der Waals surface area contributed by atoms with Gasteiger partial charge in [-0.15, -0.1) is 0 Å². The van der Waals surface area contributed by atoms with Crippen molar-refractivity contribution in [3.05, 3.63) is 11.9 Å². The number of carboxylic acids is 1. The van der Waals surface area contributed by atoms with Crippen LogP contribution in [0, 0.1) is 0 Å². The van der Waals surface area contributed by atoms with E-state index < -0.39 is 12.1 Å². The van der Waals surface area contributed by atoms with Crippen molar-refractivity contribution in [2.24, 2.45) is 0 Å². The summed E-state index contributed by atoms with van der Waals surface area (Å²) in [5, 5.41) is 20.6. The summed E-state index contributed by atoms with van der Waals surface area (Å²) >= 11 is 0. The molecule has 2 rings (SSSR count). The molecule has 0 aromatic carbocycles. The number of hydrogen-bond donors (Lipinski definition) is 3. The van der Waals surface area contributed by atoms with Crippen LogP contribution >= 0.6 is 0 Å². The summed E-state index contributed by atoms with van der Waals surface area (Å²) in [5.74, 6) is -0.660. The first-order chi connectivity index (χ1) is 6.18. The molecule has 3 N–H and O–H groups in total. The SMILES string of the molecule is O=C(O)C(O)c1cn2c(n1)NCC2. The average molecular weight is 183 g/mol. The van der Waals surface area contributed by atoms with E-state index in [1.165, 1.54) is 0 Å². The van der Waals surface area contributed by atoms with Crippen molar-refractivity contribution < 1.29 is 15.0 Å². The summed E-state index contributed by atoms with van der Waals surface area (Å²) in [6, 6.07) is 0. The van der Waals surface area contributed by atoms with Gasteiger partial charge in [-0.1, -0.05) is 0 Å². The van der Waals surface area contributed by atoms with Crippen LogP contribution in [0.4, 0.5) is 5.95 Å². The highest BCUT2D eigenvalue weighted by Crippen LogP contribution is 2.18. The van der Waals surface area contributed by atoms with Gasteiger partial charge in [-0.2, -0.15) is 0 Å². The van der Waals surface area contributed by atoms with E-state index in [0.29, 0.717) is 5.95 Å². The Morgan fingerprint density at radius 3 is 3.15 bits per heavy atom. The molecule has 70 valence electrons. The van der Waals surface area contributed by atoms with Gasteiger partial charge in [0.25, 0.3) is 0 Å². The molecule has 0 aliphatic carbocycles.